The van der Waals surface area contributed by atoms with Gasteiger partial charge in [0.05, 0.1) is 12.2 Å². The Bertz CT molecular complexity index is 427. The van der Waals surface area contributed by atoms with Crippen molar-refractivity contribution in [3.63, 3.8) is 0 Å². The number of benzene rings is 2. The summed E-state index contributed by atoms with van der Waals surface area (Å²) in [6, 6.07) is 20.6. The molecule has 0 fully saturated rings. The minimum Gasteiger partial charge on any atom is -0.364 e. The molecule has 0 N–H and O–H groups in total. The van der Waals surface area contributed by atoms with Crippen LogP contribution in [0.1, 0.15) is 23.3 Å². The molecule has 0 amide bonds. The molecule has 2 aromatic carbocycles. The smallest absolute Gasteiger partial charge is 0.0930 e. The van der Waals surface area contributed by atoms with E-state index in [1.807, 2.05) is 36.4 Å². The Labute approximate surface area is 131 Å². The van der Waals surface area contributed by atoms with Crippen LogP contribution in [0.25, 0.3) is 0 Å². The van der Waals surface area contributed by atoms with Gasteiger partial charge in [-0.25, -0.2) is 0 Å². The van der Waals surface area contributed by atoms with E-state index in [4.69, 9.17) is 4.74 Å². The zero-order valence-corrected chi connectivity index (χ0v) is 13.7. The molecule has 0 bridgehead atoms. The van der Waals surface area contributed by atoms with Crippen LogP contribution in [0.15, 0.2) is 60.7 Å². The summed E-state index contributed by atoms with van der Waals surface area (Å²) >= 11 is 7.09. The molecule has 0 saturated heterocycles. The molecule has 3 heteroatoms. The second kappa shape index (κ2) is 7.83. The summed E-state index contributed by atoms with van der Waals surface area (Å²) in [5.74, 6) is 0. The highest BCUT2D eigenvalue weighted by atomic mass is 79.9. The van der Waals surface area contributed by atoms with Crippen molar-refractivity contribution in [1.29, 1.82) is 0 Å². The highest BCUT2D eigenvalue weighted by molar-refractivity contribution is 9.09. The van der Waals surface area contributed by atoms with Crippen LogP contribution >= 0.6 is 31.9 Å². The van der Waals surface area contributed by atoms with E-state index >= 15 is 0 Å². The number of alkyl halides is 2. The molecule has 0 spiro atoms. The van der Waals surface area contributed by atoms with Gasteiger partial charge in [-0.1, -0.05) is 92.5 Å². The van der Waals surface area contributed by atoms with Crippen molar-refractivity contribution in [2.24, 2.45) is 0 Å². The van der Waals surface area contributed by atoms with Crippen molar-refractivity contribution in [3.8, 4) is 0 Å². The normalized spacial score (nSPS) is 14.0. The van der Waals surface area contributed by atoms with Gasteiger partial charge in [0, 0.05) is 10.7 Å². The van der Waals surface area contributed by atoms with Crippen LogP contribution in [0.5, 0.6) is 0 Å². The van der Waals surface area contributed by atoms with Crippen LogP contribution in [0.3, 0.4) is 0 Å². The zero-order chi connectivity index (χ0) is 13.5. The summed E-state index contributed by atoms with van der Waals surface area (Å²) in [5.41, 5.74) is 2.39. The van der Waals surface area contributed by atoms with E-state index in [0.717, 1.165) is 10.7 Å². The third-order valence-electron chi connectivity index (χ3n) is 2.95. The largest absolute Gasteiger partial charge is 0.364 e. The Kier molecular flexibility index (Phi) is 6.08. The maximum Gasteiger partial charge on any atom is 0.0930 e. The molecule has 100 valence electrons. The van der Waals surface area contributed by atoms with E-state index in [-0.39, 0.29) is 12.2 Å². The van der Waals surface area contributed by atoms with Gasteiger partial charge in [-0.2, -0.15) is 0 Å². The molecule has 2 rings (SSSR count). The van der Waals surface area contributed by atoms with Gasteiger partial charge < -0.3 is 4.74 Å². The summed E-state index contributed by atoms with van der Waals surface area (Å²) in [7, 11) is 0. The topological polar surface area (TPSA) is 9.23 Å². The van der Waals surface area contributed by atoms with Gasteiger partial charge in [0.2, 0.25) is 0 Å². The van der Waals surface area contributed by atoms with Crippen molar-refractivity contribution in [2.45, 2.75) is 12.2 Å². The summed E-state index contributed by atoms with van der Waals surface area (Å²) in [4.78, 5) is 0. The fourth-order valence-corrected chi connectivity index (χ4v) is 2.99. The van der Waals surface area contributed by atoms with Crippen LogP contribution in [0.4, 0.5) is 0 Å². The Morgan fingerprint density at radius 1 is 0.684 bits per heavy atom. The molecule has 0 aliphatic carbocycles. The van der Waals surface area contributed by atoms with Crippen molar-refractivity contribution >= 4 is 31.9 Å². The van der Waals surface area contributed by atoms with E-state index in [9.17, 15) is 0 Å². The SMILES string of the molecule is BrCC(OC(CBr)c1ccccc1)c1ccccc1. The molecule has 1 nitrogen and oxygen atoms in total. The van der Waals surface area contributed by atoms with Crippen LogP contribution in [0, 0.1) is 0 Å². The third-order valence-corrected chi connectivity index (χ3v) is 4.13. The first kappa shape index (κ1) is 14.8. The zero-order valence-electron chi connectivity index (χ0n) is 10.5. The maximum absolute atomic E-state index is 6.23. The first-order valence-corrected chi connectivity index (χ1v) is 8.46. The van der Waals surface area contributed by atoms with Crippen molar-refractivity contribution in [3.05, 3.63) is 71.8 Å². The molecule has 2 aromatic rings. The lowest BCUT2D eigenvalue weighted by Gasteiger charge is -2.23. The van der Waals surface area contributed by atoms with E-state index < -0.39 is 0 Å². The Balaban J connectivity index is 2.13. The minimum absolute atomic E-state index is 0.0592. The summed E-state index contributed by atoms with van der Waals surface area (Å²) < 4.78 is 6.23. The first-order valence-electron chi connectivity index (χ1n) is 6.22. The predicted octanol–water partition coefficient (Wildman–Crippen LogP) is 5.28. The third kappa shape index (κ3) is 4.16. The molecule has 0 heterocycles. The number of rotatable bonds is 6. The van der Waals surface area contributed by atoms with E-state index in [2.05, 4.69) is 56.1 Å². The van der Waals surface area contributed by atoms with Crippen molar-refractivity contribution < 1.29 is 4.74 Å². The second-order valence-corrected chi connectivity index (χ2v) is 5.54. The molecule has 0 aliphatic heterocycles. The van der Waals surface area contributed by atoms with Crippen LogP contribution in [-0.2, 0) is 4.74 Å². The van der Waals surface area contributed by atoms with Gasteiger partial charge in [0.15, 0.2) is 0 Å². The molecule has 0 aliphatic rings. The Hall–Kier alpha value is -0.640. The minimum atomic E-state index is 0.0592. The lowest BCUT2D eigenvalue weighted by atomic mass is 10.1. The molecule has 0 saturated carbocycles. The quantitative estimate of drug-likeness (QED) is 0.617. The molecular formula is C16H16Br2O. The molecule has 19 heavy (non-hydrogen) atoms. The molecular weight excluding hydrogens is 368 g/mol. The number of ether oxygens (including phenoxy) is 1. The molecule has 2 atom stereocenters. The fourth-order valence-electron chi connectivity index (χ4n) is 1.94. The van der Waals surface area contributed by atoms with Crippen LogP contribution in [0.2, 0.25) is 0 Å². The summed E-state index contributed by atoms with van der Waals surface area (Å²) in [6.07, 6.45) is 0.118. The van der Waals surface area contributed by atoms with Gasteiger partial charge in [-0.3, -0.25) is 0 Å². The van der Waals surface area contributed by atoms with E-state index in [1.165, 1.54) is 11.1 Å². The van der Waals surface area contributed by atoms with Gasteiger partial charge in [0.1, 0.15) is 0 Å². The number of hydrogen-bond donors (Lipinski definition) is 0. The summed E-state index contributed by atoms with van der Waals surface area (Å²) in [6.45, 7) is 0. The van der Waals surface area contributed by atoms with Gasteiger partial charge in [-0.05, 0) is 11.1 Å². The lowest BCUT2D eigenvalue weighted by Crippen LogP contribution is -2.12. The second-order valence-electron chi connectivity index (χ2n) is 4.24. The van der Waals surface area contributed by atoms with Crippen molar-refractivity contribution in [1.82, 2.24) is 0 Å². The maximum atomic E-state index is 6.23. The summed E-state index contributed by atoms with van der Waals surface area (Å²) in [5, 5.41) is 1.57. The van der Waals surface area contributed by atoms with Crippen molar-refractivity contribution in [2.75, 3.05) is 10.7 Å². The lowest BCUT2D eigenvalue weighted by molar-refractivity contribution is 0.0128. The number of halogens is 2. The monoisotopic (exact) mass is 382 g/mol. The van der Waals surface area contributed by atoms with Crippen LogP contribution < -0.4 is 0 Å². The van der Waals surface area contributed by atoms with Gasteiger partial charge >= 0.3 is 0 Å². The van der Waals surface area contributed by atoms with Gasteiger partial charge in [-0.15, -0.1) is 0 Å². The standard InChI is InChI=1S/C16H16Br2O/c17-11-15(13-7-3-1-4-8-13)19-16(12-18)14-9-5-2-6-10-14/h1-10,15-16H,11-12H2. The molecule has 2 unspecified atom stereocenters. The Morgan fingerprint density at radius 3 is 1.37 bits per heavy atom. The van der Waals surface area contributed by atoms with Gasteiger partial charge in [0.25, 0.3) is 0 Å². The number of hydrogen-bond acceptors (Lipinski definition) is 1. The fraction of sp³-hybridized carbons (Fsp3) is 0.250. The first-order chi connectivity index (χ1) is 9.35. The average molecular weight is 384 g/mol. The highest BCUT2D eigenvalue weighted by Gasteiger charge is 2.18. The van der Waals surface area contributed by atoms with Crippen LogP contribution in [-0.4, -0.2) is 10.7 Å². The Morgan fingerprint density at radius 2 is 1.05 bits per heavy atom. The molecule has 0 radical (unpaired) electrons. The average Bonchev–Trinajstić information content (AvgIpc) is 2.50. The van der Waals surface area contributed by atoms with E-state index in [0.29, 0.717) is 0 Å². The molecule has 0 aromatic heterocycles. The van der Waals surface area contributed by atoms with E-state index in [1.54, 1.807) is 0 Å². The predicted molar refractivity (Wildman–Crippen MR) is 87.0 cm³/mol. The highest BCUT2D eigenvalue weighted by Crippen LogP contribution is 2.29.